The van der Waals surface area contributed by atoms with Crippen LogP contribution in [-0.2, 0) is 6.67 Å². The predicted octanol–water partition coefficient (Wildman–Crippen LogP) is 3.43. The molecule has 0 aliphatic rings. The number of benzene rings is 1. The van der Waals surface area contributed by atoms with Crippen LogP contribution >= 0.6 is 0 Å². The maximum Gasteiger partial charge on any atom is 0.234 e. The van der Waals surface area contributed by atoms with Crippen LogP contribution in [0.2, 0.25) is 0 Å². The molecule has 0 atom stereocenters. The summed E-state index contributed by atoms with van der Waals surface area (Å²) in [5.41, 5.74) is 8.33. The zero-order chi connectivity index (χ0) is 19.0. The van der Waals surface area contributed by atoms with Gasteiger partial charge in [-0.3, -0.25) is 4.40 Å². The third-order valence-corrected chi connectivity index (χ3v) is 3.96. The SMILES string of the molecule is Cc1nc2ncc(F)cn2c1-c1nc(N)cc(Nc2ccc(CF)cc2)n1. The Bertz CT molecular complexity index is 1120. The average Bonchev–Trinajstić information content (AvgIpc) is 2.97. The van der Waals surface area contributed by atoms with Gasteiger partial charge in [-0.05, 0) is 24.6 Å². The van der Waals surface area contributed by atoms with Crippen LogP contribution in [-0.4, -0.2) is 24.3 Å². The van der Waals surface area contributed by atoms with E-state index in [2.05, 4.69) is 25.3 Å². The van der Waals surface area contributed by atoms with Gasteiger partial charge in [0.15, 0.2) is 11.6 Å². The van der Waals surface area contributed by atoms with E-state index in [4.69, 9.17) is 5.73 Å². The van der Waals surface area contributed by atoms with E-state index in [9.17, 15) is 8.78 Å². The molecule has 3 N–H and O–H groups in total. The largest absolute Gasteiger partial charge is 0.384 e. The van der Waals surface area contributed by atoms with Gasteiger partial charge >= 0.3 is 0 Å². The highest BCUT2D eigenvalue weighted by Gasteiger charge is 2.16. The van der Waals surface area contributed by atoms with E-state index in [0.29, 0.717) is 28.5 Å². The van der Waals surface area contributed by atoms with Crippen molar-refractivity contribution in [3.63, 3.8) is 0 Å². The number of halogens is 2. The number of hydrogen-bond donors (Lipinski definition) is 2. The first-order chi connectivity index (χ1) is 13.0. The first-order valence-corrected chi connectivity index (χ1v) is 8.10. The van der Waals surface area contributed by atoms with Crippen LogP contribution < -0.4 is 11.1 Å². The third-order valence-electron chi connectivity index (χ3n) is 3.96. The third kappa shape index (κ3) is 3.26. The van der Waals surface area contributed by atoms with Crippen LogP contribution in [0.4, 0.5) is 26.1 Å². The van der Waals surface area contributed by atoms with Crippen molar-refractivity contribution in [1.29, 1.82) is 0 Å². The summed E-state index contributed by atoms with van der Waals surface area (Å²) in [7, 11) is 0. The summed E-state index contributed by atoms with van der Waals surface area (Å²) in [4.78, 5) is 17.0. The first-order valence-electron chi connectivity index (χ1n) is 8.10. The molecule has 0 bridgehead atoms. The summed E-state index contributed by atoms with van der Waals surface area (Å²) in [6.07, 6.45) is 2.37. The fourth-order valence-electron chi connectivity index (χ4n) is 2.75. The van der Waals surface area contributed by atoms with E-state index in [1.165, 1.54) is 10.6 Å². The summed E-state index contributed by atoms with van der Waals surface area (Å²) >= 11 is 0. The number of anilines is 3. The van der Waals surface area contributed by atoms with E-state index in [0.717, 1.165) is 11.9 Å². The molecule has 4 aromatic rings. The molecule has 7 nitrogen and oxygen atoms in total. The highest BCUT2D eigenvalue weighted by Crippen LogP contribution is 2.25. The van der Waals surface area contributed by atoms with E-state index in [1.807, 2.05) is 0 Å². The van der Waals surface area contributed by atoms with Crippen molar-refractivity contribution in [2.75, 3.05) is 11.1 Å². The Hall–Kier alpha value is -3.62. The van der Waals surface area contributed by atoms with Crippen LogP contribution in [0.3, 0.4) is 0 Å². The molecule has 0 amide bonds. The number of nitrogens with two attached hydrogens (primary N) is 1. The molecular weight excluding hydrogens is 352 g/mol. The minimum absolute atomic E-state index is 0.238. The van der Waals surface area contributed by atoms with Gasteiger partial charge in [0.2, 0.25) is 5.78 Å². The second kappa shape index (κ2) is 6.60. The highest BCUT2D eigenvalue weighted by atomic mass is 19.1. The first kappa shape index (κ1) is 16.8. The molecule has 0 aliphatic carbocycles. The van der Waals surface area contributed by atoms with Gasteiger partial charge in [-0.15, -0.1) is 0 Å². The molecule has 27 heavy (non-hydrogen) atoms. The van der Waals surface area contributed by atoms with Crippen LogP contribution in [0.15, 0.2) is 42.7 Å². The molecular formula is C18H15F2N7. The summed E-state index contributed by atoms with van der Waals surface area (Å²) < 4.78 is 27.8. The van der Waals surface area contributed by atoms with E-state index < -0.39 is 12.5 Å². The molecule has 3 heterocycles. The van der Waals surface area contributed by atoms with Crippen molar-refractivity contribution in [1.82, 2.24) is 24.3 Å². The smallest absolute Gasteiger partial charge is 0.234 e. The molecule has 0 saturated carbocycles. The van der Waals surface area contributed by atoms with Gasteiger partial charge < -0.3 is 11.1 Å². The number of aromatic nitrogens is 5. The molecule has 0 unspecified atom stereocenters. The lowest BCUT2D eigenvalue weighted by atomic mass is 10.2. The van der Waals surface area contributed by atoms with Gasteiger partial charge in [0.1, 0.15) is 24.0 Å². The Morgan fingerprint density at radius 3 is 2.67 bits per heavy atom. The summed E-state index contributed by atoms with van der Waals surface area (Å²) in [5.74, 6) is 0.809. The number of aryl methyl sites for hydroxylation is 1. The fourth-order valence-corrected chi connectivity index (χ4v) is 2.75. The van der Waals surface area contributed by atoms with Gasteiger partial charge in [-0.2, -0.15) is 0 Å². The number of nitrogen functional groups attached to an aromatic ring is 1. The van der Waals surface area contributed by atoms with Gasteiger partial charge in [0.05, 0.1) is 18.1 Å². The fraction of sp³-hybridized carbons (Fsp3) is 0.111. The zero-order valence-corrected chi connectivity index (χ0v) is 14.3. The molecule has 3 aromatic heterocycles. The topological polar surface area (TPSA) is 94.0 Å². The van der Waals surface area contributed by atoms with Crippen molar-refractivity contribution in [3.05, 3.63) is 59.8 Å². The molecule has 1 aromatic carbocycles. The van der Waals surface area contributed by atoms with Crippen molar-refractivity contribution in [2.24, 2.45) is 0 Å². The summed E-state index contributed by atoms with van der Waals surface area (Å²) in [5, 5.41) is 3.10. The van der Waals surface area contributed by atoms with Crippen molar-refractivity contribution < 1.29 is 8.78 Å². The van der Waals surface area contributed by atoms with E-state index >= 15 is 0 Å². The molecule has 0 spiro atoms. The van der Waals surface area contributed by atoms with Crippen molar-refractivity contribution >= 4 is 23.1 Å². The quantitative estimate of drug-likeness (QED) is 0.574. The van der Waals surface area contributed by atoms with Gasteiger partial charge in [0.25, 0.3) is 0 Å². The van der Waals surface area contributed by atoms with Crippen LogP contribution in [0, 0.1) is 12.7 Å². The standard InChI is InChI=1S/C18H15F2N7/c1-10-16(27-9-12(20)8-22-18(27)23-10)17-25-14(21)6-15(26-17)24-13-4-2-11(7-19)3-5-13/h2-6,8-9H,7H2,1H3,(H3,21,24,25,26). The van der Waals surface area contributed by atoms with Gasteiger partial charge in [-0.25, -0.2) is 28.7 Å². The Kier molecular flexibility index (Phi) is 4.11. The Balaban J connectivity index is 1.76. The minimum atomic E-state index is -0.525. The van der Waals surface area contributed by atoms with Crippen LogP contribution in [0.5, 0.6) is 0 Å². The molecule has 0 radical (unpaired) electrons. The lowest BCUT2D eigenvalue weighted by molar-refractivity contribution is 0.485. The van der Waals surface area contributed by atoms with E-state index in [1.54, 1.807) is 37.3 Å². The van der Waals surface area contributed by atoms with Crippen molar-refractivity contribution in [3.8, 4) is 11.5 Å². The monoisotopic (exact) mass is 367 g/mol. The zero-order valence-electron chi connectivity index (χ0n) is 14.3. The molecule has 9 heteroatoms. The number of nitrogens with one attached hydrogen (secondary N) is 1. The maximum atomic E-state index is 13.6. The normalized spacial score (nSPS) is 11.1. The van der Waals surface area contributed by atoms with E-state index in [-0.39, 0.29) is 11.6 Å². The predicted molar refractivity (Wildman–Crippen MR) is 97.7 cm³/mol. The number of rotatable bonds is 4. The second-order valence-electron chi connectivity index (χ2n) is 5.95. The molecule has 0 aliphatic heterocycles. The highest BCUT2D eigenvalue weighted by molar-refractivity contribution is 5.65. The number of hydrogen-bond acceptors (Lipinski definition) is 6. The number of fused-ring (bicyclic) bond motifs is 1. The van der Waals surface area contributed by atoms with Crippen LogP contribution in [0.1, 0.15) is 11.3 Å². The minimum Gasteiger partial charge on any atom is -0.384 e. The number of alkyl halides is 1. The number of nitrogens with zero attached hydrogens (tertiary/aromatic N) is 5. The Morgan fingerprint density at radius 2 is 1.93 bits per heavy atom. The molecule has 4 rings (SSSR count). The van der Waals surface area contributed by atoms with Gasteiger partial charge in [-0.1, -0.05) is 12.1 Å². The summed E-state index contributed by atoms with van der Waals surface area (Å²) in [6.45, 7) is 1.24. The molecule has 0 fully saturated rings. The number of imidazole rings is 1. The van der Waals surface area contributed by atoms with Crippen molar-refractivity contribution in [2.45, 2.75) is 13.6 Å². The molecule has 136 valence electrons. The lowest BCUT2D eigenvalue weighted by Crippen LogP contribution is -2.03. The Labute approximate surface area is 152 Å². The average molecular weight is 367 g/mol. The maximum absolute atomic E-state index is 13.6. The molecule has 0 saturated heterocycles. The Morgan fingerprint density at radius 1 is 1.15 bits per heavy atom. The lowest BCUT2D eigenvalue weighted by Gasteiger charge is -2.09. The van der Waals surface area contributed by atoms with Crippen LogP contribution in [0.25, 0.3) is 17.3 Å². The van der Waals surface area contributed by atoms with Gasteiger partial charge in [0, 0.05) is 11.8 Å². The second-order valence-corrected chi connectivity index (χ2v) is 5.95. The summed E-state index contributed by atoms with van der Waals surface area (Å²) in [6, 6.07) is 8.41.